The Hall–Kier alpha value is -3.38. The van der Waals surface area contributed by atoms with Crippen LogP contribution in [0.4, 0.5) is 5.69 Å². The lowest BCUT2D eigenvalue weighted by Crippen LogP contribution is -2.50. The van der Waals surface area contributed by atoms with E-state index in [0.29, 0.717) is 11.5 Å². The highest BCUT2D eigenvalue weighted by molar-refractivity contribution is 7.89. The summed E-state index contributed by atoms with van der Waals surface area (Å²) in [7, 11) is -3.05. The molecule has 1 aliphatic rings. The van der Waals surface area contributed by atoms with Gasteiger partial charge < -0.3 is 14.2 Å². The number of carbonyl (C=O) groups is 1. The highest BCUT2D eigenvalue weighted by atomic mass is 32.2. The zero-order valence-corrected chi connectivity index (χ0v) is 15.3. The number of rotatable bonds is 6. The summed E-state index contributed by atoms with van der Waals surface area (Å²) in [5.74, 6) is -0.0688. The molecule has 0 aliphatic carbocycles. The summed E-state index contributed by atoms with van der Waals surface area (Å²) in [5, 5.41) is 11.0. The van der Waals surface area contributed by atoms with Gasteiger partial charge in [-0.3, -0.25) is 20.3 Å². The van der Waals surface area contributed by atoms with Crippen molar-refractivity contribution in [1.29, 1.82) is 0 Å². The molecule has 0 radical (unpaired) electrons. The van der Waals surface area contributed by atoms with Crippen LogP contribution in [-0.4, -0.2) is 39.1 Å². The van der Waals surface area contributed by atoms with E-state index in [2.05, 4.69) is 0 Å². The third kappa shape index (κ3) is 3.97. The Labute approximate surface area is 159 Å². The molecular weight excluding hydrogens is 394 g/mol. The maximum atomic E-state index is 12.3. The van der Waals surface area contributed by atoms with Crippen LogP contribution in [0.25, 0.3) is 0 Å². The van der Waals surface area contributed by atoms with Gasteiger partial charge in [0.15, 0.2) is 17.2 Å². The van der Waals surface area contributed by atoms with Gasteiger partial charge in [0.2, 0.25) is 6.10 Å². The first-order valence-corrected chi connectivity index (χ1v) is 9.32. The number of nitrogens with zero attached hydrogens (tertiary/aromatic N) is 1. The van der Waals surface area contributed by atoms with E-state index in [1.807, 2.05) is 10.3 Å². The first kappa shape index (κ1) is 19.4. The molecule has 0 aromatic heterocycles. The topological polar surface area (TPSA) is 146 Å². The standard InChI is InChI=1S/C16H15N3O8S/c1-25-12-7-6-10(8-11(12)19(21)22)28(23,24)18-17-16(20)15-9-26-13-4-2-3-5-14(13)27-15/h2-8,15,18H,9H2,1H3,(H,17,20)/t15-/m1/s1. The normalized spacial score (nSPS) is 15.5. The summed E-state index contributed by atoms with van der Waals surface area (Å²) in [4.78, 5) is 23.9. The number of para-hydroxylation sites is 2. The van der Waals surface area contributed by atoms with Crippen molar-refractivity contribution in [1.82, 2.24) is 10.3 Å². The van der Waals surface area contributed by atoms with Crippen LogP contribution in [-0.2, 0) is 14.8 Å². The van der Waals surface area contributed by atoms with Gasteiger partial charge >= 0.3 is 5.69 Å². The number of carbonyl (C=O) groups excluding carboxylic acids is 1. The fourth-order valence-corrected chi connectivity index (χ4v) is 3.25. The Morgan fingerprint density at radius 3 is 2.64 bits per heavy atom. The van der Waals surface area contributed by atoms with Crippen molar-refractivity contribution in [2.75, 3.05) is 13.7 Å². The van der Waals surface area contributed by atoms with Gasteiger partial charge in [-0.1, -0.05) is 12.1 Å². The molecule has 28 heavy (non-hydrogen) atoms. The molecule has 1 heterocycles. The van der Waals surface area contributed by atoms with Gasteiger partial charge in [-0.15, -0.1) is 4.83 Å². The second-order valence-electron chi connectivity index (χ2n) is 5.55. The minimum absolute atomic E-state index is 0.0978. The fourth-order valence-electron chi connectivity index (χ4n) is 2.39. The summed E-state index contributed by atoms with van der Waals surface area (Å²) >= 11 is 0. The van der Waals surface area contributed by atoms with E-state index >= 15 is 0 Å². The number of sulfonamides is 1. The Bertz CT molecular complexity index is 1020. The summed E-state index contributed by atoms with van der Waals surface area (Å²) in [6.07, 6.45) is -1.08. The molecule has 0 spiro atoms. The van der Waals surface area contributed by atoms with Crippen molar-refractivity contribution in [2.45, 2.75) is 11.0 Å². The summed E-state index contributed by atoms with van der Waals surface area (Å²) in [6.45, 7) is -0.113. The largest absolute Gasteiger partial charge is 0.490 e. The van der Waals surface area contributed by atoms with E-state index in [1.165, 1.54) is 7.11 Å². The van der Waals surface area contributed by atoms with E-state index < -0.39 is 37.5 Å². The number of benzene rings is 2. The van der Waals surface area contributed by atoms with E-state index in [9.17, 15) is 23.3 Å². The van der Waals surface area contributed by atoms with Crippen LogP contribution in [0.2, 0.25) is 0 Å². The van der Waals surface area contributed by atoms with Crippen molar-refractivity contribution in [3.8, 4) is 17.2 Å². The van der Waals surface area contributed by atoms with E-state index in [1.54, 1.807) is 24.3 Å². The minimum atomic E-state index is -4.27. The molecule has 2 aromatic rings. The number of nitro groups is 1. The molecule has 2 aromatic carbocycles. The minimum Gasteiger partial charge on any atom is -0.490 e. The van der Waals surface area contributed by atoms with Crippen LogP contribution in [0.15, 0.2) is 47.4 Å². The highest BCUT2D eigenvalue weighted by Gasteiger charge is 2.29. The van der Waals surface area contributed by atoms with Crippen LogP contribution >= 0.6 is 0 Å². The summed E-state index contributed by atoms with van der Waals surface area (Å²) in [6, 6.07) is 9.79. The lowest BCUT2D eigenvalue weighted by atomic mass is 10.2. The van der Waals surface area contributed by atoms with Crippen LogP contribution in [0.5, 0.6) is 17.2 Å². The number of amides is 1. The van der Waals surface area contributed by atoms with Crippen LogP contribution in [0.3, 0.4) is 0 Å². The molecule has 0 bridgehead atoms. The van der Waals surface area contributed by atoms with Crippen molar-refractivity contribution < 1.29 is 32.3 Å². The summed E-state index contributed by atoms with van der Waals surface area (Å²) in [5.41, 5.74) is 1.49. The van der Waals surface area contributed by atoms with Crippen molar-refractivity contribution in [3.63, 3.8) is 0 Å². The van der Waals surface area contributed by atoms with Crippen LogP contribution in [0.1, 0.15) is 0 Å². The summed E-state index contributed by atoms with van der Waals surface area (Å²) < 4.78 is 40.3. The van der Waals surface area contributed by atoms with Gasteiger partial charge in [0.1, 0.15) is 6.61 Å². The number of hydrogen-bond donors (Lipinski definition) is 2. The zero-order chi connectivity index (χ0) is 20.3. The average Bonchev–Trinajstić information content (AvgIpc) is 2.71. The Morgan fingerprint density at radius 1 is 1.25 bits per heavy atom. The predicted octanol–water partition coefficient (Wildman–Crippen LogP) is 0.753. The number of fused-ring (bicyclic) bond motifs is 1. The predicted molar refractivity (Wildman–Crippen MR) is 94.5 cm³/mol. The maximum Gasteiger partial charge on any atom is 0.312 e. The molecule has 148 valence electrons. The molecule has 1 atom stereocenters. The second kappa shape index (κ2) is 7.70. The molecule has 3 rings (SSSR count). The number of methoxy groups -OCH3 is 1. The quantitative estimate of drug-likeness (QED) is 0.525. The molecule has 0 saturated heterocycles. The maximum absolute atomic E-state index is 12.3. The molecule has 0 fully saturated rings. The molecule has 11 nitrogen and oxygen atoms in total. The van der Waals surface area contributed by atoms with Gasteiger partial charge in [-0.25, -0.2) is 8.42 Å². The number of ether oxygens (including phenoxy) is 3. The molecule has 0 saturated carbocycles. The molecule has 1 amide bonds. The first-order valence-electron chi connectivity index (χ1n) is 7.84. The van der Waals surface area contributed by atoms with Crippen LogP contribution < -0.4 is 24.5 Å². The number of hydrazine groups is 1. The fraction of sp³-hybridized carbons (Fsp3) is 0.188. The molecule has 0 unspecified atom stereocenters. The van der Waals surface area contributed by atoms with E-state index in [0.717, 1.165) is 18.2 Å². The van der Waals surface area contributed by atoms with Gasteiger partial charge in [-0.05, 0) is 24.3 Å². The van der Waals surface area contributed by atoms with Gasteiger partial charge in [0.25, 0.3) is 15.9 Å². The van der Waals surface area contributed by atoms with Gasteiger partial charge in [0.05, 0.1) is 16.9 Å². The van der Waals surface area contributed by atoms with E-state index in [-0.39, 0.29) is 12.4 Å². The lowest BCUT2D eigenvalue weighted by molar-refractivity contribution is -0.386. The Kier molecular flexibility index (Phi) is 5.33. The highest BCUT2D eigenvalue weighted by Crippen LogP contribution is 2.31. The van der Waals surface area contributed by atoms with Gasteiger partial charge in [-0.2, -0.15) is 0 Å². The number of nitrogens with one attached hydrogen (secondary N) is 2. The average molecular weight is 409 g/mol. The number of hydrogen-bond acceptors (Lipinski definition) is 8. The molecule has 1 aliphatic heterocycles. The van der Waals surface area contributed by atoms with Crippen molar-refractivity contribution in [3.05, 3.63) is 52.6 Å². The molecular formula is C16H15N3O8S. The molecule has 2 N–H and O–H groups in total. The van der Waals surface area contributed by atoms with Crippen molar-refractivity contribution in [2.24, 2.45) is 0 Å². The smallest absolute Gasteiger partial charge is 0.312 e. The van der Waals surface area contributed by atoms with Crippen LogP contribution in [0, 0.1) is 10.1 Å². The second-order valence-corrected chi connectivity index (χ2v) is 7.23. The third-order valence-electron chi connectivity index (χ3n) is 3.77. The Morgan fingerprint density at radius 2 is 1.96 bits per heavy atom. The van der Waals surface area contributed by atoms with Gasteiger partial charge in [0, 0.05) is 6.07 Å². The zero-order valence-electron chi connectivity index (χ0n) is 14.4. The van der Waals surface area contributed by atoms with E-state index in [4.69, 9.17) is 14.2 Å². The SMILES string of the molecule is COc1ccc(S(=O)(=O)NNC(=O)[C@H]2COc3ccccc3O2)cc1[N+](=O)[O-]. The lowest BCUT2D eigenvalue weighted by Gasteiger charge is -2.25. The monoisotopic (exact) mass is 409 g/mol. The molecule has 12 heteroatoms. The van der Waals surface area contributed by atoms with Crippen molar-refractivity contribution >= 4 is 21.6 Å². The Balaban J connectivity index is 1.69. The number of nitro benzene ring substituents is 1. The third-order valence-corrected chi connectivity index (χ3v) is 5.01. The first-order chi connectivity index (χ1) is 13.3.